The second kappa shape index (κ2) is 5.60. The largest absolute Gasteiger partial charge is 0.271 e. The molecule has 0 saturated heterocycles. The smallest absolute Gasteiger partial charge is 0.129 e. The minimum absolute atomic E-state index is 0.245. The van der Waals surface area contributed by atoms with E-state index in [-0.39, 0.29) is 11.9 Å². The average molecular weight is 271 g/mol. The summed E-state index contributed by atoms with van der Waals surface area (Å²) in [4.78, 5) is 1.15. The van der Waals surface area contributed by atoms with Crippen LogP contribution in [-0.4, -0.2) is 0 Å². The maximum atomic E-state index is 13.7. The Morgan fingerprint density at radius 3 is 2.82 bits per heavy atom. The predicted octanol–water partition coefficient (Wildman–Crippen LogP) is 3.29. The zero-order valence-corrected chi connectivity index (χ0v) is 10.6. The lowest BCUT2D eigenvalue weighted by atomic mass is 10.0. The number of hydrogen-bond donors (Lipinski definition) is 2. The molecule has 0 spiro atoms. The summed E-state index contributed by atoms with van der Waals surface area (Å²) >= 11 is 7.34. The highest BCUT2D eigenvalue weighted by Gasteiger charge is 2.15. The van der Waals surface area contributed by atoms with E-state index in [1.807, 2.05) is 17.5 Å². The van der Waals surface area contributed by atoms with Crippen LogP contribution in [0, 0.1) is 5.82 Å². The van der Waals surface area contributed by atoms with Gasteiger partial charge in [-0.2, -0.15) is 0 Å². The van der Waals surface area contributed by atoms with Gasteiger partial charge in [0, 0.05) is 21.9 Å². The Morgan fingerprint density at radius 2 is 2.24 bits per heavy atom. The highest BCUT2D eigenvalue weighted by Crippen LogP contribution is 2.24. The highest BCUT2D eigenvalue weighted by atomic mass is 35.5. The van der Waals surface area contributed by atoms with Crippen molar-refractivity contribution in [3.63, 3.8) is 0 Å². The van der Waals surface area contributed by atoms with Crippen molar-refractivity contribution in [3.8, 4) is 0 Å². The van der Waals surface area contributed by atoms with Gasteiger partial charge in [0.25, 0.3) is 0 Å². The van der Waals surface area contributed by atoms with Crippen LogP contribution in [0.25, 0.3) is 0 Å². The van der Waals surface area contributed by atoms with Gasteiger partial charge in [0.2, 0.25) is 0 Å². The Bertz CT molecular complexity index is 487. The van der Waals surface area contributed by atoms with Gasteiger partial charge in [0.05, 0.1) is 6.04 Å². The molecule has 0 fully saturated rings. The molecule has 1 heterocycles. The van der Waals surface area contributed by atoms with E-state index in [1.165, 1.54) is 6.07 Å². The van der Waals surface area contributed by atoms with Crippen molar-refractivity contribution in [2.24, 2.45) is 5.84 Å². The standard InChI is InChI=1S/C12H12ClFN2S/c13-8-3-4-10(11(14)6-8)12(16-15)7-9-2-1-5-17-9/h1-6,12,16H,7,15H2. The molecule has 2 aromatic rings. The van der Waals surface area contributed by atoms with Gasteiger partial charge in [-0.3, -0.25) is 11.3 Å². The van der Waals surface area contributed by atoms with Crippen molar-refractivity contribution in [1.82, 2.24) is 5.43 Å². The SMILES string of the molecule is NNC(Cc1cccs1)c1ccc(Cl)cc1F. The van der Waals surface area contributed by atoms with Gasteiger partial charge in [-0.15, -0.1) is 11.3 Å². The number of nitrogens with two attached hydrogens (primary N) is 1. The molecule has 2 nitrogen and oxygen atoms in total. The summed E-state index contributed by atoms with van der Waals surface area (Å²) in [5.74, 6) is 5.15. The third-order valence-electron chi connectivity index (χ3n) is 2.52. The van der Waals surface area contributed by atoms with E-state index >= 15 is 0 Å². The second-order valence-electron chi connectivity index (χ2n) is 3.67. The van der Waals surface area contributed by atoms with Crippen molar-refractivity contribution < 1.29 is 4.39 Å². The summed E-state index contributed by atoms with van der Waals surface area (Å²) in [7, 11) is 0. The topological polar surface area (TPSA) is 38.0 Å². The Labute approximate surface area is 108 Å². The van der Waals surface area contributed by atoms with E-state index in [9.17, 15) is 4.39 Å². The fraction of sp³-hybridized carbons (Fsp3) is 0.167. The van der Waals surface area contributed by atoms with Crippen molar-refractivity contribution >= 4 is 22.9 Å². The van der Waals surface area contributed by atoms with Gasteiger partial charge < -0.3 is 0 Å². The molecule has 0 aliphatic heterocycles. The number of nitrogens with one attached hydrogen (secondary N) is 1. The van der Waals surface area contributed by atoms with Crippen molar-refractivity contribution in [2.75, 3.05) is 0 Å². The molecule has 0 radical (unpaired) electrons. The zero-order valence-electron chi connectivity index (χ0n) is 8.99. The maximum absolute atomic E-state index is 13.7. The maximum Gasteiger partial charge on any atom is 0.129 e. The van der Waals surface area contributed by atoms with Gasteiger partial charge in [-0.1, -0.05) is 23.7 Å². The molecule has 3 N–H and O–H groups in total. The summed E-state index contributed by atoms with van der Waals surface area (Å²) < 4.78 is 13.7. The molecule has 0 bridgehead atoms. The van der Waals surface area contributed by atoms with Crippen LogP contribution in [0.2, 0.25) is 5.02 Å². The first-order valence-corrected chi connectivity index (χ1v) is 6.40. The monoisotopic (exact) mass is 270 g/mol. The quantitative estimate of drug-likeness (QED) is 0.661. The number of halogens is 2. The number of hydrazine groups is 1. The van der Waals surface area contributed by atoms with Crippen LogP contribution in [0.15, 0.2) is 35.7 Å². The lowest BCUT2D eigenvalue weighted by molar-refractivity contribution is 0.513. The van der Waals surface area contributed by atoms with E-state index in [0.717, 1.165) is 4.88 Å². The lowest BCUT2D eigenvalue weighted by Crippen LogP contribution is -2.30. The zero-order chi connectivity index (χ0) is 12.3. The second-order valence-corrected chi connectivity index (χ2v) is 5.14. The Kier molecular flexibility index (Phi) is 4.12. The first kappa shape index (κ1) is 12.5. The van der Waals surface area contributed by atoms with Crippen molar-refractivity contribution in [1.29, 1.82) is 0 Å². The fourth-order valence-corrected chi connectivity index (χ4v) is 2.58. The number of thiophene rings is 1. The van der Waals surface area contributed by atoms with Crippen LogP contribution < -0.4 is 11.3 Å². The van der Waals surface area contributed by atoms with E-state index in [0.29, 0.717) is 17.0 Å². The van der Waals surface area contributed by atoms with Gasteiger partial charge in [0.15, 0.2) is 0 Å². The van der Waals surface area contributed by atoms with Crippen molar-refractivity contribution in [2.45, 2.75) is 12.5 Å². The predicted molar refractivity (Wildman–Crippen MR) is 69.5 cm³/mol. The highest BCUT2D eigenvalue weighted by molar-refractivity contribution is 7.09. The lowest BCUT2D eigenvalue weighted by Gasteiger charge is -2.16. The van der Waals surface area contributed by atoms with E-state index in [2.05, 4.69) is 5.43 Å². The molecule has 0 amide bonds. The average Bonchev–Trinajstić information content (AvgIpc) is 2.79. The molecule has 0 saturated carbocycles. The molecular weight excluding hydrogens is 259 g/mol. The molecule has 90 valence electrons. The Balaban J connectivity index is 2.23. The molecule has 2 rings (SSSR count). The summed E-state index contributed by atoms with van der Waals surface area (Å²) in [6.45, 7) is 0. The van der Waals surface area contributed by atoms with Gasteiger partial charge in [-0.05, 0) is 23.6 Å². The third kappa shape index (κ3) is 3.04. The summed E-state index contributed by atoms with van der Waals surface area (Å²) in [6.07, 6.45) is 0.659. The number of benzene rings is 1. The Hall–Kier alpha value is -0.940. The normalized spacial score (nSPS) is 12.6. The molecule has 17 heavy (non-hydrogen) atoms. The molecule has 5 heteroatoms. The molecule has 0 aliphatic carbocycles. The number of hydrogen-bond acceptors (Lipinski definition) is 3. The van der Waals surface area contributed by atoms with Gasteiger partial charge in [0.1, 0.15) is 5.82 Å². The molecular formula is C12H12ClFN2S. The summed E-state index contributed by atoms with van der Waals surface area (Å²) in [6, 6.07) is 8.35. The van der Waals surface area contributed by atoms with Gasteiger partial charge in [-0.25, -0.2) is 4.39 Å². The van der Waals surface area contributed by atoms with Crippen molar-refractivity contribution in [3.05, 3.63) is 57.0 Å². The van der Waals surface area contributed by atoms with Crippen LogP contribution in [0.1, 0.15) is 16.5 Å². The van der Waals surface area contributed by atoms with Gasteiger partial charge >= 0.3 is 0 Å². The van der Waals surface area contributed by atoms with Crippen LogP contribution in [0.3, 0.4) is 0 Å². The van der Waals surface area contributed by atoms with Crippen LogP contribution in [0.5, 0.6) is 0 Å². The minimum Gasteiger partial charge on any atom is -0.271 e. The summed E-state index contributed by atoms with van der Waals surface area (Å²) in [5, 5.41) is 2.37. The van der Waals surface area contributed by atoms with Crippen LogP contribution >= 0.6 is 22.9 Å². The van der Waals surface area contributed by atoms with E-state index in [1.54, 1.807) is 23.5 Å². The molecule has 0 aliphatic rings. The van der Waals surface area contributed by atoms with E-state index < -0.39 is 0 Å². The molecule has 1 aromatic heterocycles. The van der Waals surface area contributed by atoms with E-state index in [4.69, 9.17) is 17.4 Å². The van der Waals surface area contributed by atoms with Crippen LogP contribution in [0.4, 0.5) is 4.39 Å². The Morgan fingerprint density at radius 1 is 1.41 bits per heavy atom. The molecule has 1 aromatic carbocycles. The summed E-state index contributed by atoms with van der Waals surface area (Å²) in [5.41, 5.74) is 3.17. The molecule has 1 atom stereocenters. The third-order valence-corrected chi connectivity index (χ3v) is 3.66. The number of rotatable bonds is 4. The fourth-order valence-electron chi connectivity index (χ4n) is 1.67. The minimum atomic E-state index is -0.336. The first-order chi connectivity index (χ1) is 8.20. The van der Waals surface area contributed by atoms with Crippen LogP contribution in [-0.2, 0) is 6.42 Å². The first-order valence-electron chi connectivity index (χ1n) is 5.14. The molecule has 1 unspecified atom stereocenters.